The fourth-order valence-corrected chi connectivity index (χ4v) is 6.05. The van der Waals surface area contributed by atoms with Crippen molar-refractivity contribution in [1.82, 2.24) is 9.62 Å². The van der Waals surface area contributed by atoms with Gasteiger partial charge in [0.15, 0.2) is 6.61 Å². The molecular weight excluding hydrogens is 388 g/mol. The van der Waals surface area contributed by atoms with E-state index in [0.29, 0.717) is 18.6 Å². The molecule has 29 heavy (non-hydrogen) atoms. The van der Waals surface area contributed by atoms with Gasteiger partial charge in [-0.15, -0.1) is 0 Å². The topological polar surface area (TPSA) is 75.7 Å². The van der Waals surface area contributed by atoms with E-state index in [1.165, 1.54) is 6.26 Å². The van der Waals surface area contributed by atoms with E-state index in [0.717, 1.165) is 24.0 Å². The number of carbonyl (C=O) groups is 1. The molecule has 0 aliphatic carbocycles. The lowest BCUT2D eigenvalue weighted by Crippen LogP contribution is -2.52. The lowest BCUT2D eigenvalue weighted by molar-refractivity contribution is -0.124. The Morgan fingerprint density at radius 2 is 1.59 bits per heavy atom. The Balaban J connectivity index is 1.28. The number of rotatable bonds is 6. The molecule has 2 unspecified atom stereocenters. The normalized spacial score (nSPS) is 24.2. The van der Waals surface area contributed by atoms with E-state index in [1.807, 2.05) is 54.6 Å². The maximum Gasteiger partial charge on any atom is 0.258 e. The number of amides is 1. The van der Waals surface area contributed by atoms with Gasteiger partial charge in [-0.25, -0.2) is 8.42 Å². The number of carbonyl (C=O) groups excluding carboxylic acids is 1. The molecule has 154 valence electrons. The van der Waals surface area contributed by atoms with Gasteiger partial charge in [-0.2, -0.15) is 4.31 Å². The Kier molecular flexibility index (Phi) is 5.61. The molecule has 6 nitrogen and oxygen atoms in total. The summed E-state index contributed by atoms with van der Waals surface area (Å²) in [5.74, 6) is 0.473. The SMILES string of the molecule is CS(=O)(=O)N1C2CCC1CC(NC(=O)COc1ccc(-c3ccccc3)cc1)C2. The van der Waals surface area contributed by atoms with Crippen molar-refractivity contribution in [2.75, 3.05) is 12.9 Å². The Hall–Kier alpha value is -2.38. The van der Waals surface area contributed by atoms with Crippen molar-refractivity contribution in [1.29, 1.82) is 0 Å². The van der Waals surface area contributed by atoms with Crippen LogP contribution in [0.4, 0.5) is 0 Å². The summed E-state index contributed by atoms with van der Waals surface area (Å²) in [5.41, 5.74) is 2.22. The first-order chi connectivity index (χ1) is 13.9. The fraction of sp³-hybridized carbons (Fsp3) is 0.409. The molecule has 0 saturated carbocycles. The molecule has 2 atom stereocenters. The number of hydrogen-bond donors (Lipinski definition) is 1. The molecule has 2 aromatic rings. The molecule has 0 aromatic heterocycles. The molecule has 2 heterocycles. The maximum atomic E-state index is 12.3. The predicted octanol–water partition coefficient (Wildman–Crippen LogP) is 2.80. The van der Waals surface area contributed by atoms with Crippen molar-refractivity contribution in [2.24, 2.45) is 0 Å². The van der Waals surface area contributed by atoms with Crippen LogP contribution < -0.4 is 10.1 Å². The van der Waals surface area contributed by atoms with E-state index in [9.17, 15) is 13.2 Å². The predicted molar refractivity (Wildman–Crippen MR) is 112 cm³/mol. The second-order valence-electron chi connectivity index (χ2n) is 7.89. The number of hydrogen-bond acceptors (Lipinski definition) is 4. The second-order valence-corrected chi connectivity index (χ2v) is 9.78. The number of sulfonamides is 1. The van der Waals surface area contributed by atoms with E-state index >= 15 is 0 Å². The van der Waals surface area contributed by atoms with Gasteiger partial charge in [0, 0.05) is 18.1 Å². The van der Waals surface area contributed by atoms with Gasteiger partial charge in [0.25, 0.3) is 5.91 Å². The van der Waals surface area contributed by atoms with Crippen molar-refractivity contribution in [3.63, 3.8) is 0 Å². The molecule has 1 amide bonds. The van der Waals surface area contributed by atoms with Crippen LogP contribution in [-0.4, -0.2) is 49.6 Å². The summed E-state index contributed by atoms with van der Waals surface area (Å²) in [6, 6.07) is 17.7. The molecule has 2 aromatic carbocycles. The largest absolute Gasteiger partial charge is 0.484 e. The van der Waals surface area contributed by atoms with Crippen LogP contribution in [0.5, 0.6) is 5.75 Å². The molecule has 2 saturated heterocycles. The minimum atomic E-state index is -3.19. The van der Waals surface area contributed by atoms with Gasteiger partial charge >= 0.3 is 0 Å². The highest BCUT2D eigenvalue weighted by atomic mass is 32.2. The highest BCUT2D eigenvalue weighted by Crippen LogP contribution is 2.37. The number of fused-ring (bicyclic) bond motifs is 2. The van der Waals surface area contributed by atoms with Crippen molar-refractivity contribution in [2.45, 2.75) is 43.8 Å². The maximum absolute atomic E-state index is 12.3. The van der Waals surface area contributed by atoms with E-state index in [2.05, 4.69) is 5.32 Å². The molecule has 0 spiro atoms. The monoisotopic (exact) mass is 414 g/mol. The Morgan fingerprint density at radius 3 is 2.17 bits per heavy atom. The standard InChI is InChI=1S/C22H26N2O4S/c1-29(26,27)24-19-9-10-20(24)14-18(13-19)23-22(25)15-28-21-11-7-17(8-12-21)16-5-3-2-4-6-16/h2-8,11-12,18-20H,9-10,13-15H2,1H3,(H,23,25). The summed E-state index contributed by atoms with van der Waals surface area (Å²) in [6.45, 7) is -0.0493. The summed E-state index contributed by atoms with van der Waals surface area (Å²) in [4.78, 5) is 12.3. The van der Waals surface area contributed by atoms with Gasteiger partial charge in [-0.05, 0) is 48.9 Å². The number of piperidine rings is 1. The first-order valence-electron chi connectivity index (χ1n) is 9.96. The zero-order chi connectivity index (χ0) is 20.4. The number of ether oxygens (including phenoxy) is 1. The van der Waals surface area contributed by atoms with Crippen molar-refractivity contribution in [3.05, 3.63) is 54.6 Å². The van der Waals surface area contributed by atoms with Crippen molar-refractivity contribution < 1.29 is 17.9 Å². The van der Waals surface area contributed by atoms with E-state index in [4.69, 9.17) is 4.74 Å². The molecule has 2 bridgehead atoms. The van der Waals surface area contributed by atoms with E-state index < -0.39 is 10.0 Å². The Labute approximate surface area is 171 Å². The molecule has 2 aliphatic rings. The van der Waals surface area contributed by atoms with Gasteiger partial charge in [0.05, 0.1) is 6.26 Å². The molecule has 2 aliphatic heterocycles. The van der Waals surface area contributed by atoms with Crippen LogP contribution in [0.1, 0.15) is 25.7 Å². The quantitative estimate of drug-likeness (QED) is 0.789. The van der Waals surface area contributed by atoms with E-state index in [-0.39, 0.29) is 30.6 Å². The summed E-state index contributed by atoms with van der Waals surface area (Å²) < 4.78 is 31.2. The Bertz CT molecular complexity index is 946. The molecule has 1 N–H and O–H groups in total. The fourth-order valence-electron chi connectivity index (χ4n) is 4.59. The average molecular weight is 415 g/mol. The smallest absolute Gasteiger partial charge is 0.258 e. The molecule has 4 rings (SSSR count). The summed E-state index contributed by atoms with van der Waals surface area (Å²) in [7, 11) is -3.19. The number of benzene rings is 2. The summed E-state index contributed by atoms with van der Waals surface area (Å²) >= 11 is 0. The summed E-state index contributed by atoms with van der Waals surface area (Å²) in [5, 5.41) is 3.01. The average Bonchev–Trinajstić information content (AvgIpc) is 3.00. The second kappa shape index (κ2) is 8.16. The zero-order valence-corrected chi connectivity index (χ0v) is 17.3. The number of nitrogens with zero attached hydrogens (tertiary/aromatic N) is 1. The van der Waals surface area contributed by atoms with Crippen LogP contribution in [0.2, 0.25) is 0 Å². The van der Waals surface area contributed by atoms with Gasteiger partial charge in [-0.1, -0.05) is 42.5 Å². The van der Waals surface area contributed by atoms with Gasteiger partial charge in [0.1, 0.15) is 5.75 Å². The highest BCUT2D eigenvalue weighted by Gasteiger charge is 2.45. The molecule has 2 fully saturated rings. The number of nitrogens with one attached hydrogen (secondary N) is 1. The third kappa shape index (κ3) is 4.62. The van der Waals surface area contributed by atoms with Crippen molar-refractivity contribution >= 4 is 15.9 Å². The van der Waals surface area contributed by atoms with E-state index in [1.54, 1.807) is 4.31 Å². The lowest BCUT2D eigenvalue weighted by Gasteiger charge is -2.37. The zero-order valence-electron chi connectivity index (χ0n) is 16.5. The molecular formula is C22H26N2O4S. The lowest BCUT2D eigenvalue weighted by atomic mass is 10.00. The van der Waals surface area contributed by atoms with Crippen LogP contribution in [0.25, 0.3) is 11.1 Å². The van der Waals surface area contributed by atoms with Crippen LogP contribution in [-0.2, 0) is 14.8 Å². The Morgan fingerprint density at radius 1 is 1.00 bits per heavy atom. The van der Waals surface area contributed by atoms with Crippen LogP contribution in [0, 0.1) is 0 Å². The minimum Gasteiger partial charge on any atom is -0.484 e. The van der Waals surface area contributed by atoms with Gasteiger partial charge < -0.3 is 10.1 Å². The third-order valence-electron chi connectivity index (χ3n) is 5.75. The van der Waals surface area contributed by atoms with Crippen LogP contribution in [0.3, 0.4) is 0 Å². The summed E-state index contributed by atoms with van der Waals surface area (Å²) in [6.07, 6.45) is 4.35. The van der Waals surface area contributed by atoms with Gasteiger partial charge in [-0.3, -0.25) is 4.79 Å². The van der Waals surface area contributed by atoms with Gasteiger partial charge in [0.2, 0.25) is 10.0 Å². The van der Waals surface area contributed by atoms with Crippen molar-refractivity contribution in [3.8, 4) is 16.9 Å². The first-order valence-corrected chi connectivity index (χ1v) is 11.8. The first kappa shape index (κ1) is 19.9. The minimum absolute atomic E-state index is 0.000462. The molecule has 7 heteroatoms. The third-order valence-corrected chi connectivity index (χ3v) is 7.11. The van der Waals surface area contributed by atoms with Crippen LogP contribution >= 0.6 is 0 Å². The van der Waals surface area contributed by atoms with Crippen LogP contribution in [0.15, 0.2) is 54.6 Å². The highest BCUT2D eigenvalue weighted by molar-refractivity contribution is 7.88. The molecule has 0 radical (unpaired) electrons.